The molecular weight excluding hydrogens is 527 g/mol. The highest BCUT2D eigenvalue weighted by atomic mass is 19.1. The van der Waals surface area contributed by atoms with Crippen molar-refractivity contribution >= 4 is 17.8 Å². The van der Waals surface area contributed by atoms with Crippen molar-refractivity contribution in [2.45, 2.75) is 18.9 Å². The maximum Gasteiger partial charge on any atom is 0.254 e. The molecule has 2 heterocycles. The van der Waals surface area contributed by atoms with Crippen LogP contribution in [0.15, 0.2) is 79.0 Å². The summed E-state index contributed by atoms with van der Waals surface area (Å²) in [6, 6.07) is 20.1. The van der Waals surface area contributed by atoms with Crippen LogP contribution in [0.4, 0.5) is 10.3 Å². The van der Waals surface area contributed by atoms with Crippen molar-refractivity contribution in [3.63, 3.8) is 0 Å². The number of imidazole rings is 1. The lowest BCUT2D eigenvalue weighted by Gasteiger charge is -2.25. The predicted octanol–water partition coefficient (Wildman–Crippen LogP) is 4.96. The van der Waals surface area contributed by atoms with Crippen LogP contribution in [-0.4, -0.2) is 66.3 Å². The molecule has 1 atom stereocenters. The van der Waals surface area contributed by atoms with Crippen LogP contribution in [0, 0.1) is 5.82 Å². The van der Waals surface area contributed by atoms with Gasteiger partial charge in [0.2, 0.25) is 11.9 Å². The highest BCUT2D eigenvalue weighted by Crippen LogP contribution is 2.27. The second-order valence-electron chi connectivity index (χ2n) is 9.62. The molecule has 0 aliphatic carbocycles. The normalized spacial score (nSPS) is 14.5. The first-order chi connectivity index (χ1) is 19.9. The van der Waals surface area contributed by atoms with Crippen LogP contribution >= 0.6 is 0 Å². The molecule has 1 aliphatic heterocycles. The van der Waals surface area contributed by atoms with Crippen LogP contribution in [0.3, 0.4) is 0 Å². The lowest BCUT2D eigenvalue weighted by Crippen LogP contribution is -2.42. The van der Waals surface area contributed by atoms with Gasteiger partial charge in [-0.15, -0.1) is 0 Å². The summed E-state index contributed by atoms with van der Waals surface area (Å²) < 4.78 is 31.5. The number of rotatable bonds is 10. The second kappa shape index (κ2) is 12.6. The molecule has 2 amide bonds. The third kappa shape index (κ3) is 6.72. The van der Waals surface area contributed by atoms with Gasteiger partial charge in [-0.2, -0.15) is 0 Å². The molecule has 4 aromatic rings. The first-order valence-corrected chi connectivity index (χ1v) is 13.3. The lowest BCUT2D eigenvalue weighted by molar-refractivity contribution is -0.117. The molecule has 0 radical (unpaired) electrons. The molecule has 1 aromatic heterocycles. The summed E-state index contributed by atoms with van der Waals surface area (Å²) in [6.45, 7) is 0.625. The van der Waals surface area contributed by atoms with E-state index < -0.39 is 11.7 Å². The monoisotopic (exact) mass is 558 g/mol. The zero-order chi connectivity index (χ0) is 28.8. The number of carbonyl (C=O) groups is 2. The Labute approximate surface area is 237 Å². The minimum atomic E-state index is -0.442. The number of benzene rings is 3. The van der Waals surface area contributed by atoms with Crippen LogP contribution in [0.5, 0.6) is 11.5 Å². The van der Waals surface area contributed by atoms with Gasteiger partial charge in [0.25, 0.3) is 5.91 Å². The summed E-state index contributed by atoms with van der Waals surface area (Å²) >= 11 is 0. The maximum absolute atomic E-state index is 13.5. The molecule has 1 fully saturated rings. The molecule has 1 N–H and O–H groups in total. The average molecular weight is 559 g/mol. The number of ether oxygens (including phenoxy) is 3. The molecule has 9 nitrogen and oxygen atoms in total. The van der Waals surface area contributed by atoms with Crippen molar-refractivity contribution in [2.75, 3.05) is 39.2 Å². The molecule has 3 aromatic carbocycles. The van der Waals surface area contributed by atoms with Crippen molar-refractivity contribution in [2.24, 2.45) is 0 Å². The number of nitrogens with one attached hydrogen (secondary N) is 1. The number of hydrogen-bond acceptors (Lipinski definition) is 6. The van der Waals surface area contributed by atoms with Gasteiger partial charge in [0.1, 0.15) is 23.9 Å². The topological polar surface area (TPSA) is 94.9 Å². The van der Waals surface area contributed by atoms with E-state index in [2.05, 4.69) is 5.32 Å². The van der Waals surface area contributed by atoms with Crippen LogP contribution in [-0.2, 0) is 9.53 Å². The minimum absolute atomic E-state index is 0.171. The number of amides is 2. The van der Waals surface area contributed by atoms with E-state index in [1.54, 1.807) is 18.8 Å². The largest absolute Gasteiger partial charge is 0.497 e. The minimum Gasteiger partial charge on any atom is -0.497 e. The standard InChI is InChI=1S/C31H31FN4O5/c1-39-25-13-7-21(8-14-25)28-19-36(24-11-15-26(40-2)16-12-24)31(33-28)34-29(37)20-35(18-27-4-3-17-41-27)30(38)22-5-9-23(32)10-6-22/h5-16,19,27H,3-4,17-18,20H2,1-2H3,(H,33,34,37)/t27-/m0/s1. The Kier molecular flexibility index (Phi) is 8.59. The van der Waals surface area contributed by atoms with Gasteiger partial charge in [-0.3, -0.25) is 19.5 Å². The third-order valence-electron chi connectivity index (χ3n) is 6.85. The van der Waals surface area contributed by atoms with E-state index in [4.69, 9.17) is 19.2 Å². The Balaban J connectivity index is 1.41. The summed E-state index contributed by atoms with van der Waals surface area (Å²) in [7, 11) is 3.19. The molecule has 0 bridgehead atoms. The van der Waals surface area contributed by atoms with Crippen LogP contribution in [0.25, 0.3) is 16.9 Å². The molecule has 0 unspecified atom stereocenters. The Hall–Kier alpha value is -4.70. The number of halogens is 1. The summed E-state index contributed by atoms with van der Waals surface area (Å²) in [5.74, 6) is 0.446. The molecule has 10 heteroatoms. The van der Waals surface area contributed by atoms with Gasteiger partial charge in [0, 0.05) is 36.2 Å². The van der Waals surface area contributed by atoms with E-state index in [9.17, 15) is 14.0 Å². The molecule has 5 rings (SSSR count). The van der Waals surface area contributed by atoms with E-state index in [1.165, 1.54) is 29.2 Å². The molecule has 41 heavy (non-hydrogen) atoms. The van der Waals surface area contributed by atoms with E-state index in [-0.39, 0.29) is 31.0 Å². The maximum atomic E-state index is 13.5. The van der Waals surface area contributed by atoms with Crippen LogP contribution in [0.2, 0.25) is 0 Å². The molecule has 1 saturated heterocycles. The highest BCUT2D eigenvalue weighted by molar-refractivity contribution is 5.99. The molecular formula is C31H31FN4O5. The van der Waals surface area contributed by atoms with E-state index in [0.717, 1.165) is 24.1 Å². The fourth-order valence-corrected chi connectivity index (χ4v) is 4.67. The molecule has 212 valence electrons. The van der Waals surface area contributed by atoms with E-state index >= 15 is 0 Å². The number of anilines is 1. The zero-order valence-corrected chi connectivity index (χ0v) is 22.9. The van der Waals surface area contributed by atoms with Gasteiger partial charge in [-0.1, -0.05) is 0 Å². The quantitative estimate of drug-likeness (QED) is 0.296. The number of aromatic nitrogens is 2. The van der Waals surface area contributed by atoms with Crippen molar-refractivity contribution in [3.05, 3.63) is 90.4 Å². The first-order valence-electron chi connectivity index (χ1n) is 13.3. The molecule has 1 aliphatic rings. The van der Waals surface area contributed by atoms with Gasteiger partial charge < -0.3 is 19.1 Å². The fraction of sp³-hybridized carbons (Fsp3) is 0.258. The van der Waals surface area contributed by atoms with Gasteiger partial charge in [0.15, 0.2) is 0 Å². The van der Waals surface area contributed by atoms with Gasteiger partial charge in [0.05, 0.1) is 26.0 Å². The van der Waals surface area contributed by atoms with Gasteiger partial charge in [-0.25, -0.2) is 9.37 Å². The SMILES string of the molecule is COc1ccc(-c2cn(-c3ccc(OC)cc3)c(NC(=O)CN(C[C@@H]3CCCO3)C(=O)c3ccc(F)cc3)n2)cc1. The zero-order valence-electron chi connectivity index (χ0n) is 22.9. The Bertz CT molecular complexity index is 1480. The summed E-state index contributed by atoms with van der Waals surface area (Å²) in [6.07, 6.45) is 3.34. The fourth-order valence-electron chi connectivity index (χ4n) is 4.67. The van der Waals surface area contributed by atoms with Crippen molar-refractivity contribution in [3.8, 4) is 28.4 Å². The Morgan fingerprint density at radius 2 is 1.66 bits per heavy atom. The predicted molar refractivity (Wildman–Crippen MR) is 152 cm³/mol. The highest BCUT2D eigenvalue weighted by Gasteiger charge is 2.26. The Morgan fingerprint density at radius 1 is 1.00 bits per heavy atom. The third-order valence-corrected chi connectivity index (χ3v) is 6.85. The van der Waals surface area contributed by atoms with Crippen molar-refractivity contribution in [1.82, 2.24) is 14.5 Å². The number of hydrogen-bond donors (Lipinski definition) is 1. The van der Waals surface area contributed by atoms with E-state index in [1.807, 2.05) is 54.7 Å². The lowest BCUT2D eigenvalue weighted by atomic mass is 10.1. The van der Waals surface area contributed by atoms with E-state index in [0.29, 0.717) is 29.4 Å². The van der Waals surface area contributed by atoms with Crippen molar-refractivity contribution < 1.29 is 28.2 Å². The second-order valence-corrected chi connectivity index (χ2v) is 9.62. The Morgan fingerprint density at radius 3 is 2.27 bits per heavy atom. The summed E-state index contributed by atoms with van der Waals surface area (Å²) in [5.41, 5.74) is 2.52. The number of nitrogens with zero attached hydrogens (tertiary/aromatic N) is 3. The van der Waals surface area contributed by atoms with Gasteiger partial charge >= 0.3 is 0 Å². The number of methoxy groups -OCH3 is 2. The summed E-state index contributed by atoms with van der Waals surface area (Å²) in [5, 5.41) is 2.88. The van der Waals surface area contributed by atoms with Crippen LogP contribution in [0.1, 0.15) is 23.2 Å². The first kappa shape index (κ1) is 27.9. The average Bonchev–Trinajstić information content (AvgIpc) is 3.67. The number of carbonyl (C=O) groups excluding carboxylic acids is 2. The smallest absolute Gasteiger partial charge is 0.254 e. The van der Waals surface area contributed by atoms with Gasteiger partial charge in [-0.05, 0) is 85.6 Å². The molecule has 0 spiro atoms. The molecule has 0 saturated carbocycles. The van der Waals surface area contributed by atoms with Crippen LogP contribution < -0.4 is 14.8 Å². The van der Waals surface area contributed by atoms with Crippen molar-refractivity contribution in [1.29, 1.82) is 0 Å². The summed E-state index contributed by atoms with van der Waals surface area (Å²) in [4.78, 5) is 32.9.